The minimum atomic E-state index is 0.502. The van der Waals surface area contributed by atoms with Crippen molar-refractivity contribution in [2.75, 3.05) is 0 Å². The van der Waals surface area contributed by atoms with Gasteiger partial charge in [-0.15, -0.1) is 0 Å². The quantitative estimate of drug-likeness (QED) is 0.582. The zero-order chi connectivity index (χ0) is 8.84. The van der Waals surface area contributed by atoms with Crippen LogP contribution in [0.25, 0.3) is 0 Å². The fourth-order valence-corrected chi connectivity index (χ4v) is 2.45. The van der Waals surface area contributed by atoms with E-state index in [0.717, 1.165) is 12.0 Å². The summed E-state index contributed by atoms with van der Waals surface area (Å²) in [5, 5.41) is 8.79. The maximum atomic E-state index is 8.79. The van der Waals surface area contributed by atoms with Crippen molar-refractivity contribution in [3.8, 4) is 6.07 Å². The van der Waals surface area contributed by atoms with Crippen LogP contribution in [0.5, 0.6) is 0 Å². The van der Waals surface area contributed by atoms with Crippen molar-refractivity contribution >= 4 is 0 Å². The molecule has 2 unspecified atom stereocenters. The molecule has 2 aliphatic carbocycles. The molecule has 1 aromatic rings. The smallest absolute Gasteiger partial charge is 0.0947 e. The van der Waals surface area contributed by atoms with Crippen molar-refractivity contribution in [3.63, 3.8) is 0 Å². The number of hydrogen-bond acceptors (Lipinski definition) is 1. The van der Waals surface area contributed by atoms with E-state index in [0.29, 0.717) is 11.8 Å². The first kappa shape index (κ1) is 6.91. The van der Waals surface area contributed by atoms with Gasteiger partial charge in [-0.3, -0.25) is 0 Å². The monoisotopic (exact) mass is 167 g/mol. The molecule has 0 amide bonds. The summed E-state index contributed by atoms with van der Waals surface area (Å²) in [7, 11) is 0. The van der Waals surface area contributed by atoms with E-state index in [9.17, 15) is 0 Å². The number of nitriles is 1. The molecule has 0 heterocycles. The van der Waals surface area contributed by atoms with Crippen molar-refractivity contribution in [1.29, 1.82) is 5.26 Å². The van der Waals surface area contributed by atoms with Crippen molar-refractivity contribution in [2.24, 2.45) is 5.92 Å². The van der Waals surface area contributed by atoms with Crippen LogP contribution in [0.1, 0.15) is 17.0 Å². The molecule has 0 radical (unpaired) electrons. The van der Waals surface area contributed by atoms with Crippen LogP contribution < -0.4 is 0 Å². The molecule has 2 atom stereocenters. The summed E-state index contributed by atoms with van der Waals surface area (Å²) in [4.78, 5) is 0. The predicted octanol–water partition coefficient (Wildman–Crippen LogP) is 2.41. The summed E-state index contributed by atoms with van der Waals surface area (Å²) in [5.41, 5.74) is 3.85. The lowest BCUT2D eigenvalue weighted by molar-refractivity contribution is 0.552. The second-order valence-corrected chi connectivity index (χ2v) is 3.77. The number of allylic oxidation sites excluding steroid dienone is 2. The summed E-state index contributed by atoms with van der Waals surface area (Å²) >= 11 is 0. The normalized spacial score (nSPS) is 28.1. The fraction of sp³-hybridized carbons (Fsp3) is 0.250. The average molecular weight is 167 g/mol. The number of fused-ring (bicyclic) bond motifs is 3. The van der Waals surface area contributed by atoms with Gasteiger partial charge in [0.05, 0.1) is 6.07 Å². The van der Waals surface area contributed by atoms with E-state index in [1.54, 1.807) is 0 Å². The molecule has 2 aliphatic rings. The Morgan fingerprint density at radius 1 is 1.31 bits per heavy atom. The molecule has 3 rings (SSSR count). The van der Waals surface area contributed by atoms with Crippen LogP contribution >= 0.6 is 0 Å². The Morgan fingerprint density at radius 2 is 2.15 bits per heavy atom. The van der Waals surface area contributed by atoms with E-state index in [1.165, 1.54) is 11.1 Å². The molecule has 0 aromatic heterocycles. The largest absolute Gasteiger partial charge is 0.193 e. The van der Waals surface area contributed by atoms with Crippen molar-refractivity contribution in [1.82, 2.24) is 0 Å². The van der Waals surface area contributed by atoms with Crippen LogP contribution in [0.15, 0.2) is 35.9 Å². The SMILES string of the molecule is N#CC1=CC2c3ccccc3CC12. The van der Waals surface area contributed by atoms with Gasteiger partial charge in [-0.1, -0.05) is 30.3 Å². The third kappa shape index (κ3) is 0.754. The Morgan fingerprint density at radius 3 is 3.00 bits per heavy atom. The highest BCUT2D eigenvalue weighted by Crippen LogP contribution is 2.49. The van der Waals surface area contributed by atoms with Crippen molar-refractivity contribution in [2.45, 2.75) is 12.3 Å². The van der Waals surface area contributed by atoms with Crippen LogP contribution in [0, 0.1) is 17.2 Å². The summed E-state index contributed by atoms with van der Waals surface area (Å²) < 4.78 is 0. The number of nitrogens with zero attached hydrogens (tertiary/aromatic N) is 1. The molecule has 1 nitrogen and oxygen atoms in total. The van der Waals surface area contributed by atoms with Crippen LogP contribution in [-0.2, 0) is 6.42 Å². The van der Waals surface area contributed by atoms with E-state index < -0.39 is 0 Å². The van der Waals surface area contributed by atoms with Gasteiger partial charge in [0.25, 0.3) is 0 Å². The molecular weight excluding hydrogens is 158 g/mol. The maximum Gasteiger partial charge on any atom is 0.0947 e. The third-order valence-electron chi connectivity index (χ3n) is 3.18. The summed E-state index contributed by atoms with van der Waals surface area (Å²) in [5.74, 6) is 1.05. The van der Waals surface area contributed by atoms with E-state index in [-0.39, 0.29) is 0 Å². The van der Waals surface area contributed by atoms with Crippen LogP contribution in [0.3, 0.4) is 0 Å². The van der Waals surface area contributed by atoms with Crippen molar-refractivity contribution in [3.05, 3.63) is 47.0 Å². The molecule has 0 saturated heterocycles. The molecule has 0 fully saturated rings. The Balaban J connectivity index is 2.08. The minimum Gasteiger partial charge on any atom is -0.193 e. The van der Waals surface area contributed by atoms with Gasteiger partial charge in [0.1, 0.15) is 0 Å². The van der Waals surface area contributed by atoms with Crippen molar-refractivity contribution < 1.29 is 0 Å². The van der Waals surface area contributed by atoms with Gasteiger partial charge < -0.3 is 0 Å². The van der Waals surface area contributed by atoms with E-state index in [2.05, 4.69) is 36.4 Å². The number of hydrogen-bond donors (Lipinski definition) is 0. The zero-order valence-electron chi connectivity index (χ0n) is 7.20. The summed E-state index contributed by atoms with van der Waals surface area (Å²) in [6.45, 7) is 0. The first-order valence-corrected chi connectivity index (χ1v) is 4.60. The number of benzene rings is 1. The lowest BCUT2D eigenvalue weighted by Crippen LogP contribution is -2.17. The molecule has 0 saturated carbocycles. The van der Waals surface area contributed by atoms with Gasteiger partial charge in [0.2, 0.25) is 0 Å². The Kier molecular flexibility index (Phi) is 1.19. The Labute approximate surface area is 77.3 Å². The highest BCUT2D eigenvalue weighted by atomic mass is 14.4. The third-order valence-corrected chi connectivity index (χ3v) is 3.18. The topological polar surface area (TPSA) is 23.8 Å². The predicted molar refractivity (Wildman–Crippen MR) is 50.1 cm³/mol. The molecule has 0 spiro atoms. The van der Waals surface area contributed by atoms with Gasteiger partial charge >= 0.3 is 0 Å². The Hall–Kier alpha value is -1.55. The van der Waals surface area contributed by atoms with Gasteiger partial charge in [0, 0.05) is 17.4 Å². The van der Waals surface area contributed by atoms with Crippen LogP contribution in [-0.4, -0.2) is 0 Å². The standard InChI is InChI=1S/C12H9N/c13-7-9-6-12-10-4-2-1-3-8(10)5-11(9)12/h1-4,6,11-12H,5H2. The lowest BCUT2D eigenvalue weighted by atomic mass is 9.76. The maximum absolute atomic E-state index is 8.79. The molecule has 0 N–H and O–H groups in total. The lowest BCUT2D eigenvalue weighted by Gasteiger charge is -2.26. The molecule has 13 heavy (non-hydrogen) atoms. The molecular formula is C12H9N. The summed E-state index contributed by atoms with van der Waals surface area (Å²) in [6, 6.07) is 10.8. The first-order chi connectivity index (χ1) is 6.40. The zero-order valence-corrected chi connectivity index (χ0v) is 7.20. The van der Waals surface area contributed by atoms with Crippen LogP contribution in [0.4, 0.5) is 0 Å². The van der Waals surface area contributed by atoms with E-state index in [4.69, 9.17) is 5.26 Å². The van der Waals surface area contributed by atoms with Crippen LogP contribution in [0.2, 0.25) is 0 Å². The molecule has 0 aliphatic heterocycles. The van der Waals surface area contributed by atoms with Gasteiger partial charge in [-0.2, -0.15) is 5.26 Å². The second kappa shape index (κ2) is 2.23. The number of rotatable bonds is 0. The van der Waals surface area contributed by atoms with Gasteiger partial charge in [-0.25, -0.2) is 0 Å². The molecule has 1 aromatic carbocycles. The fourth-order valence-electron chi connectivity index (χ4n) is 2.45. The molecule has 1 heteroatoms. The second-order valence-electron chi connectivity index (χ2n) is 3.77. The molecule has 0 bridgehead atoms. The minimum absolute atomic E-state index is 0.502. The van der Waals surface area contributed by atoms with Gasteiger partial charge in [-0.05, 0) is 17.5 Å². The van der Waals surface area contributed by atoms with E-state index in [1.807, 2.05) is 0 Å². The van der Waals surface area contributed by atoms with Gasteiger partial charge in [0.15, 0.2) is 0 Å². The van der Waals surface area contributed by atoms with E-state index >= 15 is 0 Å². The molecule has 62 valence electrons. The average Bonchev–Trinajstić information content (AvgIpc) is 2.41. The highest BCUT2D eigenvalue weighted by Gasteiger charge is 2.39. The highest BCUT2D eigenvalue weighted by molar-refractivity contribution is 5.51. The summed E-state index contributed by atoms with van der Waals surface area (Å²) in [6.07, 6.45) is 3.18. The Bertz CT molecular complexity index is 437. The first-order valence-electron chi connectivity index (χ1n) is 4.60.